The molecule has 0 aliphatic heterocycles. The summed E-state index contributed by atoms with van der Waals surface area (Å²) in [5.41, 5.74) is 0.784. The van der Waals surface area contributed by atoms with Gasteiger partial charge in [-0.2, -0.15) is 0 Å². The first kappa shape index (κ1) is 9.25. The minimum absolute atomic E-state index is 0.274. The van der Waals surface area contributed by atoms with Crippen molar-refractivity contribution in [2.45, 2.75) is 6.61 Å². The Morgan fingerprint density at radius 3 is 2.86 bits per heavy atom. The molecule has 2 aromatic rings. The van der Waals surface area contributed by atoms with Gasteiger partial charge >= 0.3 is 8.69 Å². The summed E-state index contributed by atoms with van der Waals surface area (Å²) in [5, 5.41) is 2.21. The van der Waals surface area contributed by atoms with Gasteiger partial charge in [0.25, 0.3) is 0 Å². The first-order valence-electron chi connectivity index (χ1n) is 4.18. The Morgan fingerprint density at radius 1 is 1.29 bits per heavy atom. The summed E-state index contributed by atoms with van der Waals surface area (Å²) in [6, 6.07) is 9.88. The molecule has 14 heavy (non-hydrogen) atoms. The average molecular weight is 205 g/mol. The molecule has 0 aliphatic carbocycles. The molecule has 0 spiro atoms. The molecule has 0 fully saturated rings. The van der Waals surface area contributed by atoms with Crippen molar-refractivity contribution in [1.29, 1.82) is 0 Å². The van der Waals surface area contributed by atoms with Gasteiger partial charge in [-0.15, -0.1) is 0 Å². The Balaban J connectivity index is 2.36. The third-order valence-corrected chi connectivity index (χ3v) is 2.19. The molecule has 3 nitrogen and oxygen atoms in total. The number of nitrogens with zero attached hydrogens (tertiary/aromatic N) is 1. The number of benzene rings is 1. The lowest BCUT2D eigenvalue weighted by molar-refractivity contribution is 0.327. The second-order valence-electron chi connectivity index (χ2n) is 2.87. The van der Waals surface area contributed by atoms with E-state index >= 15 is 0 Å². The molecule has 0 saturated heterocycles. The molecule has 0 aliphatic rings. The molecule has 1 heterocycles. The van der Waals surface area contributed by atoms with E-state index in [0.717, 1.165) is 16.5 Å². The van der Waals surface area contributed by atoms with E-state index in [9.17, 15) is 4.57 Å². The predicted molar refractivity (Wildman–Crippen MR) is 54.1 cm³/mol. The second-order valence-corrected chi connectivity index (χ2v) is 3.28. The molecule has 0 amide bonds. The Morgan fingerprint density at radius 2 is 2.07 bits per heavy atom. The van der Waals surface area contributed by atoms with Crippen LogP contribution in [0.25, 0.3) is 10.8 Å². The lowest BCUT2D eigenvalue weighted by atomic mass is 10.1. The SMILES string of the molecule is O=POCc1cc2ccccc2cn1. The molecule has 0 unspecified atom stereocenters. The highest BCUT2D eigenvalue weighted by Gasteiger charge is 1.97. The average Bonchev–Trinajstić information content (AvgIpc) is 2.26. The Hall–Kier alpha value is -1.31. The monoisotopic (exact) mass is 205 g/mol. The lowest BCUT2D eigenvalue weighted by Crippen LogP contribution is -1.88. The minimum atomic E-state index is -0.309. The standard InChI is InChI=1S/C10H8NO2P/c12-14-13-7-10-5-8-3-1-2-4-9(8)6-11-10/h1-6H,7H2. The summed E-state index contributed by atoms with van der Waals surface area (Å²) in [5.74, 6) is 0. The Labute approximate surface area is 83.0 Å². The van der Waals surface area contributed by atoms with Gasteiger partial charge in [0.1, 0.15) is 6.61 Å². The van der Waals surface area contributed by atoms with Gasteiger partial charge in [-0.05, 0) is 11.5 Å². The highest BCUT2D eigenvalue weighted by molar-refractivity contribution is 7.17. The van der Waals surface area contributed by atoms with Crippen LogP contribution in [0.4, 0.5) is 0 Å². The van der Waals surface area contributed by atoms with Crippen LogP contribution in [0.1, 0.15) is 5.69 Å². The second kappa shape index (κ2) is 4.27. The van der Waals surface area contributed by atoms with Crippen molar-refractivity contribution in [3.63, 3.8) is 0 Å². The topological polar surface area (TPSA) is 39.2 Å². The number of aromatic nitrogens is 1. The third kappa shape index (κ3) is 1.95. The zero-order chi connectivity index (χ0) is 9.80. The smallest absolute Gasteiger partial charge is 0.288 e. The minimum Gasteiger partial charge on any atom is -0.288 e. The van der Waals surface area contributed by atoms with Crippen molar-refractivity contribution in [3.05, 3.63) is 42.2 Å². The molecular weight excluding hydrogens is 197 g/mol. The van der Waals surface area contributed by atoms with Crippen LogP contribution in [-0.2, 0) is 15.7 Å². The van der Waals surface area contributed by atoms with Gasteiger partial charge in [-0.25, -0.2) is 4.57 Å². The van der Waals surface area contributed by atoms with Gasteiger partial charge in [-0.1, -0.05) is 24.3 Å². The van der Waals surface area contributed by atoms with Crippen LogP contribution >= 0.6 is 8.69 Å². The van der Waals surface area contributed by atoms with Crippen LogP contribution in [0.3, 0.4) is 0 Å². The summed E-state index contributed by atoms with van der Waals surface area (Å²) >= 11 is 0. The number of rotatable bonds is 3. The van der Waals surface area contributed by atoms with Crippen LogP contribution in [0, 0.1) is 0 Å². The summed E-state index contributed by atoms with van der Waals surface area (Å²) in [6.45, 7) is 0.274. The number of fused-ring (bicyclic) bond motifs is 1. The summed E-state index contributed by atoms with van der Waals surface area (Å²) in [6.07, 6.45) is 1.79. The van der Waals surface area contributed by atoms with Crippen LogP contribution in [0.15, 0.2) is 36.5 Å². The first-order valence-corrected chi connectivity index (χ1v) is 4.91. The van der Waals surface area contributed by atoms with Gasteiger partial charge in [0, 0.05) is 11.6 Å². The lowest BCUT2D eigenvalue weighted by Gasteiger charge is -1.99. The third-order valence-electron chi connectivity index (χ3n) is 1.95. The van der Waals surface area contributed by atoms with E-state index in [1.54, 1.807) is 6.20 Å². The highest BCUT2D eigenvalue weighted by atomic mass is 31.1. The van der Waals surface area contributed by atoms with Crippen molar-refractivity contribution in [2.75, 3.05) is 0 Å². The van der Waals surface area contributed by atoms with Crippen molar-refractivity contribution < 1.29 is 9.09 Å². The van der Waals surface area contributed by atoms with E-state index in [0.29, 0.717) is 0 Å². The fraction of sp³-hybridized carbons (Fsp3) is 0.100. The molecule has 4 heteroatoms. The van der Waals surface area contributed by atoms with Gasteiger partial charge in [-0.3, -0.25) is 9.51 Å². The normalized spacial score (nSPS) is 10.9. The highest BCUT2D eigenvalue weighted by Crippen LogP contribution is 2.14. The number of hydrogen-bond donors (Lipinski definition) is 0. The van der Waals surface area contributed by atoms with Crippen LogP contribution in [-0.4, -0.2) is 4.98 Å². The molecule has 1 aromatic carbocycles. The van der Waals surface area contributed by atoms with E-state index in [2.05, 4.69) is 4.98 Å². The largest absolute Gasteiger partial charge is 0.327 e. The van der Waals surface area contributed by atoms with Crippen molar-refractivity contribution in [3.8, 4) is 0 Å². The molecule has 0 bridgehead atoms. The Bertz CT molecular complexity index is 459. The molecule has 2 rings (SSSR count). The van der Waals surface area contributed by atoms with Gasteiger partial charge in [0.05, 0.1) is 5.69 Å². The van der Waals surface area contributed by atoms with E-state index in [1.807, 2.05) is 30.3 Å². The maximum absolute atomic E-state index is 10.1. The van der Waals surface area contributed by atoms with Crippen molar-refractivity contribution >= 4 is 19.5 Å². The molecule has 0 saturated carbocycles. The van der Waals surface area contributed by atoms with E-state index < -0.39 is 0 Å². The zero-order valence-electron chi connectivity index (χ0n) is 7.38. The van der Waals surface area contributed by atoms with Crippen molar-refractivity contribution in [1.82, 2.24) is 4.98 Å². The van der Waals surface area contributed by atoms with E-state index in [-0.39, 0.29) is 15.3 Å². The van der Waals surface area contributed by atoms with Crippen LogP contribution in [0.2, 0.25) is 0 Å². The van der Waals surface area contributed by atoms with Gasteiger partial charge < -0.3 is 0 Å². The van der Waals surface area contributed by atoms with Gasteiger partial charge in [0.15, 0.2) is 0 Å². The summed E-state index contributed by atoms with van der Waals surface area (Å²) < 4.78 is 14.8. The van der Waals surface area contributed by atoms with E-state index in [4.69, 9.17) is 4.52 Å². The molecular formula is C10H8NO2P. The van der Waals surface area contributed by atoms with Gasteiger partial charge in [0.2, 0.25) is 0 Å². The predicted octanol–water partition coefficient (Wildman–Crippen LogP) is 2.96. The fourth-order valence-corrected chi connectivity index (χ4v) is 1.49. The number of pyridine rings is 1. The molecule has 0 atom stereocenters. The first-order chi connectivity index (χ1) is 6.90. The summed E-state index contributed by atoms with van der Waals surface area (Å²) in [7, 11) is -0.309. The number of hydrogen-bond acceptors (Lipinski definition) is 3. The summed E-state index contributed by atoms with van der Waals surface area (Å²) in [4.78, 5) is 4.18. The maximum atomic E-state index is 10.1. The fourth-order valence-electron chi connectivity index (χ4n) is 1.30. The quantitative estimate of drug-likeness (QED) is 0.723. The van der Waals surface area contributed by atoms with Crippen LogP contribution < -0.4 is 0 Å². The molecule has 0 radical (unpaired) electrons. The zero-order valence-corrected chi connectivity index (χ0v) is 8.28. The van der Waals surface area contributed by atoms with E-state index in [1.165, 1.54) is 0 Å². The maximum Gasteiger partial charge on any atom is 0.327 e. The molecule has 1 aromatic heterocycles. The van der Waals surface area contributed by atoms with Crippen LogP contribution in [0.5, 0.6) is 0 Å². The molecule has 0 N–H and O–H groups in total. The van der Waals surface area contributed by atoms with Crippen molar-refractivity contribution in [2.24, 2.45) is 0 Å². The molecule has 70 valence electrons. The Kier molecular flexibility index (Phi) is 2.82.